The summed E-state index contributed by atoms with van der Waals surface area (Å²) >= 11 is 0. The number of aliphatic hydroxyl groups is 1. The molecule has 2 rings (SSSR count). The fraction of sp³-hybridized carbons (Fsp3) is 0.562. The first-order valence-electron chi connectivity index (χ1n) is 7.25. The number of hydrogen-bond acceptors (Lipinski definition) is 3. The molecule has 110 valence electrons. The highest BCUT2D eigenvalue weighted by Crippen LogP contribution is 2.23. The fourth-order valence-electron chi connectivity index (χ4n) is 2.66. The monoisotopic (exact) mass is 277 g/mol. The molecule has 1 saturated heterocycles. The van der Waals surface area contributed by atoms with E-state index in [-0.39, 0.29) is 18.4 Å². The molecule has 0 aromatic heterocycles. The number of aliphatic hydroxyl groups excluding tert-OH is 1. The summed E-state index contributed by atoms with van der Waals surface area (Å²) in [4.78, 5) is 12.2. The largest absolute Gasteiger partial charge is 0.392 e. The zero-order valence-corrected chi connectivity index (χ0v) is 12.0. The van der Waals surface area contributed by atoms with Crippen LogP contribution in [-0.4, -0.2) is 24.2 Å². The minimum atomic E-state index is 0.00155. The Morgan fingerprint density at radius 3 is 2.65 bits per heavy atom. The zero-order valence-electron chi connectivity index (χ0n) is 12.0. The quantitative estimate of drug-likeness (QED) is 0.863. The molecule has 1 unspecified atom stereocenters. The molecule has 4 nitrogen and oxygen atoms in total. The van der Waals surface area contributed by atoms with Crippen LogP contribution in [-0.2, 0) is 22.7 Å². The smallest absolute Gasteiger partial charge is 0.223 e. The van der Waals surface area contributed by atoms with Crippen LogP contribution in [0.4, 0.5) is 0 Å². The van der Waals surface area contributed by atoms with Crippen molar-refractivity contribution in [1.29, 1.82) is 0 Å². The Balaban J connectivity index is 1.87. The van der Waals surface area contributed by atoms with Crippen LogP contribution in [0.15, 0.2) is 24.3 Å². The van der Waals surface area contributed by atoms with E-state index in [0.717, 1.165) is 37.2 Å². The van der Waals surface area contributed by atoms with E-state index in [1.54, 1.807) is 0 Å². The molecule has 1 heterocycles. The van der Waals surface area contributed by atoms with E-state index in [1.165, 1.54) is 0 Å². The van der Waals surface area contributed by atoms with Gasteiger partial charge >= 0.3 is 0 Å². The minimum absolute atomic E-state index is 0.00155. The SMILES string of the molecule is CC(C(=O)NCc1ccccc1CO)C1CCOCC1. The second kappa shape index (κ2) is 7.41. The fourth-order valence-corrected chi connectivity index (χ4v) is 2.66. The number of amides is 1. The van der Waals surface area contributed by atoms with Gasteiger partial charge in [0.2, 0.25) is 5.91 Å². The van der Waals surface area contributed by atoms with Crippen molar-refractivity contribution < 1.29 is 14.6 Å². The van der Waals surface area contributed by atoms with Crippen molar-refractivity contribution in [3.63, 3.8) is 0 Å². The lowest BCUT2D eigenvalue weighted by Crippen LogP contribution is -2.35. The predicted octanol–water partition coefficient (Wildman–Crippen LogP) is 1.86. The summed E-state index contributed by atoms with van der Waals surface area (Å²) in [5.74, 6) is 0.515. The van der Waals surface area contributed by atoms with E-state index in [9.17, 15) is 9.90 Å². The third-order valence-corrected chi connectivity index (χ3v) is 4.13. The molecule has 0 aliphatic carbocycles. The Kier molecular flexibility index (Phi) is 5.56. The summed E-state index contributed by atoms with van der Waals surface area (Å²) < 4.78 is 5.33. The van der Waals surface area contributed by atoms with Gasteiger partial charge in [-0.25, -0.2) is 0 Å². The van der Waals surface area contributed by atoms with Crippen LogP contribution < -0.4 is 5.32 Å². The van der Waals surface area contributed by atoms with Crippen LogP contribution in [0.2, 0.25) is 0 Å². The average Bonchev–Trinajstić information content (AvgIpc) is 2.53. The standard InChI is InChI=1S/C16H23NO3/c1-12(13-6-8-20-9-7-13)16(19)17-10-14-4-2-3-5-15(14)11-18/h2-5,12-13,18H,6-11H2,1H3,(H,17,19). The van der Waals surface area contributed by atoms with Gasteiger partial charge in [-0.15, -0.1) is 0 Å². The maximum absolute atomic E-state index is 12.2. The number of hydrogen-bond donors (Lipinski definition) is 2. The number of ether oxygens (including phenoxy) is 1. The van der Waals surface area contributed by atoms with Crippen molar-refractivity contribution in [3.8, 4) is 0 Å². The lowest BCUT2D eigenvalue weighted by Gasteiger charge is -2.27. The third kappa shape index (κ3) is 3.81. The highest BCUT2D eigenvalue weighted by molar-refractivity contribution is 5.78. The molecule has 4 heteroatoms. The molecule has 1 aromatic carbocycles. The van der Waals surface area contributed by atoms with Crippen LogP contribution in [0.1, 0.15) is 30.9 Å². The molecule has 2 N–H and O–H groups in total. The van der Waals surface area contributed by atoms with Gasteiger partial charge in [0, 0.05) is 25.7 Å². The Labute approximate surface area is 120 Å². The maximum atomic E-state index is 12.2. The molecule has 0 spiro atoms. The Bertz CT molecular complexity index is 441. The Morgan fingerprint density at radius 2 is 2.00 bits per heavy atom. The molecule has 1 atom stereocenters. The minimum Gasteiger partial charge on any atom is -0.392 e. The predicted molar refractivity (Wildman–Crippen MR) is 76.9 cm³/mol. The number of nitrogens with one attached hydrogen (secondary N) is 1. The van der Waals surface area contributed by atoms with Crippen molar-refractivity contribution in [2.45, 2.75) is 32.9 Å². The molecule has 1 aliphatic heterocycles. The summed E-state index contributed by atoms with van der Waals surface area (Å²) in [6, 6.07) is 7.62. The Hall–Kier alpha value is -1.39. The van der Waals surface area contributed by atoms with Gasteiger partial charge in [0.25, 0.3) is 0 Å². The number of benzene rings is 1. The lowest BCUT2D eigenvalue weighted by atomic mass is 9.87. The van der Waals surface area contributed by atoms with Gasteiger partial charge in [-0.3, -0.25) is 4.79 Å². The first-order valence-corrected chi connectivity index (χ1v) is 7.25. The molecule has 1 amide bonds. The van der Waals surface area contributed by atoms with Gasteiger partial charge in [-0.05, 0) is 29.9 Å². The Morgan fingerprint density at radius 1 is 1.35 bits per heavy atom. The third-order valence-electron chi connectivity index (χ3n) is 4.13. The van der Waals surface area contributed by atoms with Gasteiger partial charge in [0.15, 0.2) is 0 Å². The van der Waals surface area contributed by atoms with Crippen LogP contribution >= 0.6 is 0 Å². The topological polar surface area (TPSA) is 58.6 Å². The number of carbonyl (C=O) groups is 1. The van der Waals surface area contributed by atoms with Gasteiger partial charge in [0.1, 0.15) is 0 Å². The van der Waals surface area contributed by atoms with Crippen LogP contribution in [0.25, 0.3) is 0 Å². The van der Waals surface area contributed by atoms with Crippen molar-refractivity contribution >= 4 is 5.91 Å². The number of carbonyl (C=O) groups excluding carboxylic acids is 1. The zero-order chi connectivity index (χ0) is 14.4. The molecule has 1 aromatic rings. The second-order valence-corrected chi connectivity index (χ2v) is 5.38. The van der Waals surface area contributed by atoms with Crippen molar-refractivity contribution in [3.05, 3.63) is 35.4 Å². The molecule has 1 fully saturated rings. The lowest BCUT2D eigenvalue weighted by molar-refractivity contribution is -0.127. The van der Waals surface area contributed by atoms with E-state index in [2.05, 4.69) is 5.32 Å². The summed E-state index contributed by atoms with van der Waals surface area (Å²) in [6.07, 6.45) is 1.92. The molecular formula is C16H23NO3. The maximum Gasteiger partial charge on any atom is 0.223 e. The van der Waals surface area contributed by atoms with Crippen LogP contribution in [0, 0.1) is 11.8 Å². The highest BCUT2D eigenvalue weighted by atomic mass is 16.5. The van der Waals surface area contributed by atoms with Gasteiger partial charge in [-0.2, -0.15) is 0 Å². The molecule has 1 aliphatic rings. The first kappa shape index (κ1) is 15.0. The van der Waals surface area contributed by atoms with E-state index in [1.807, 2.05) is 31.2 Å². The van der Waals surface area contributed by atoms with E-state index >= 15 is 0 Å². The van der Waals surface area contributed by atoms with Crippen LogP contribution in [0.3, 0.4) is 0 Å². The first-order chi connectivity index (χ1) is 9.72. The van der Waals surface area contributed by atoms with E-state index in [0.29, 0.717) is 12.5 Å². The van der Waals surface area contributed by atoms with E-state index < -0.39 is 0 Å². The molecule has 0 radical (unpaired) electrons. The van der Waals surface area contributed by atoms with E-state index in [4.69, 9.17) is 4.74 Å². The van der Waals surface area contributed by atoms with Crippen LogP contribution in [0.5, 0.6) is 0 Å². The summed E-state index contributed by atoms with van der Waals surface area (Å²) in [7, 11) is 0. The van der Waals surface area contributed by atoms with Crippen molar-refractivity contribution in [1.82, 2.24) is 5.32 Å². The summed E-state index contributed by atoms with van der Waals surface area (Å²) in [5, 5.41) is 12.2. The van der Waals surface area contributed by atoms with Gasteiger partial charge in [-0.1, -0.05) is 31.2 Å². The van der Waals surface area contributed by atoms with Gasteiger partial charge < -0.3 is 15.2 Å². The molecule has 0 saturated carbocycles. The molecule has 0 bridgehead atoms. The van der Waals surface area contributed by atoms with Gasteiger partial charge in [0.05, 0.1) is 6.61 Å². The summed E-state index contributed by atoms with van der Waals surface area (Å²) in [5.41, 5.74) is 1.84. The average molecular weight is 277 g/mol. The molecular weight excluding hydrogens is 254 g/mol. The number of rotatable bonds is 5. The summed E-state index contributed by atoms with van der Waals surface area (Å²) in [6.45, 7) is 3.99. The highest BCUT2D eigenvalue weighted by Gasteiger charge is 2.25. The normalized spacial score (nSPS) is 17.7. The second-order valence-electron chi connectivity index (χ2n) is 5.38. The molecule has 20 heavy (non-hydrogen) atoms. The van der Waals surface area contributed by atoms with Crippen molar-refractivity contribution in [2.24, 2.45) is 11.8 Å². The van der Waals surface area contributed by atoms with Crippen molar-refractivity contribution in [2.75, 3.05) is 13.2 Å².